The first kappa shape index (κ1) is 27.0. The highest BCUT2D eigenvalue weighted by Crippen LogP contribution is 2.38. The molecule has 0 aromatic heterocycles. The number of aliphatic hydroxyl groups is 4. The summed E-state index contributed by atoms with van der Waals surface area (Å²) in [7, 11) is 0. The summed E-state index contributed by atoms with van der Waals surface area (Å²) in [6.07, 6.45) is 6.56. The zero-order valence-electron chi connectivity index (χ0n) is 18.6. The van der Waals surface area contributed by atoms with Gasteiger partial charge in [0.25, 0.3) is 0 Å². The van der Waals surface area contributed by atoms with Crippen LogP contribution in [0.4, 0.5) is 0 Å². The summed E-state index contributed by atoms with van der Waals surface area (Å²) in [6.45, 7) is 4.79. The molecule has 8 nitrogen and oxygen atoms in total. The Morgan fingerprint density at radius 3 is 1.59 bits per heavy atom. The largest absolute Gasteiger partial charge is 0.507 e. The van der Waals surface area contributed by atoms with Crippen LogP contribution in [0.5, 0.6) is 11.5 Å². The molecule has 6 N–H and O–H groups in total. The molecule has 0 aliphatic heterocycles. The van der Waals surface area contributed by atoms with E-state index in [1.165, 1.54) is 0 Å². The molecule has 1 aliphatic carbocycles. The molecule has 32 heavy (non-hydrogen) atoms. The van der Waals surface area contributed by atoms with Crippen molar-refractivity contribution in [3.8, 4) is 11.5 Å². The number of ketones is 2. The molecular formula is C24H30O8. The van der Waals surface area contributed by atoms with Gasteiger partial charge in [-0.05, 0) is 27.7 Å². The number of aliphatic hydroxyl groups excluding tert-OH is 4. The molecule has 2 rings (SSSR count). The summed E-state index contributed by atoms with van der Waals surface area (Å²) < 4.78 is 0. The van der Waals surface area contributed by atoms with Crippen molar-refractivity contribution in [2.24, 2.45) is 0 Å². The average Bonchev–Trinajstić information content (AvgIpc) is 2.79. The number of hydrogen-bond donors (Lipinski definition) is 6. The number of Topliss-reactive ketones (excluding diaryl/α,β-unsaturated/α-hetero) is 2. The maximum atomic E-state index is 11.9. The van der Waals surface area contributed by atoms with E-state index in [1.807, 2.05) is 0 Å². The van der Waals surface area contributed by atoms with E-state index in [-0.39, 0.29) is 50.9 Å². The predicted molar refractivity (Wildman–Crippen MR) is 120 cm³/mol. The molecule has 0 saturated carbocycles. The Hall–Kier alpha value is -3.04. The molecule has 0 amide bonds. The van der Waals surface area contributed by atoms with Gasteiger partial charge in [0.2, 0.25) is 0 Å². The first-order valence-electron chi connectivity index (χ1n) is 9.93. The van der Waals surface area contributed by atoms with Crippen molar-refractivity contribution in [1.29, 1.82) is 0 Å². The van der Waals surface area contributed by atoms with Crippen LogP contribution in [0.25, 0.3) is 6.08 Å². The van der Waals surface area contributed by atoms with Gasteiger partial charge in [0.05, 0.1) is 26.4 Å². The molecule has 174 valence electrons. The van der Waals surface area contributed by atoms with Crippen LogP contribution in [-0.4, -0.2) is 55.4 Å². The van der Waals surface area contributed by atoms with Crippen molar-refractivity contribution < 1.29 is 40.2 Å². The quantitative estimate of drug-likeness (QED) is 0.285. The Balaban J connectivity index is 0.000000320. The van der Waals surface area contributed by atoms with E-state index in [1.54, 1.807) is 52.0 Å². The van der Waals surface area contributed by atoms with Gasteiger partial charge in [0.1, 0.15) is 11.5 Å². The van der Waals surface area contributed by atoms with Crippen LogP contribution in [0.2, 0.25) is 0 Å². The summed E-state index contributed by atoms with van der Waals surface area (Å²) in [5, 5.41) is 56.1. The van der Waals surface area contributed by atoms with Gasteiger partial charge in [0, 0.05) is 44.5 Å². The third kappa shape index (κ3) is 5.23. The molecule has 0 bridgehead atoms. The first-order chi connectivity index (χ1) is 15.2. The molecule has 0 radical (unpaired) electrons. The van der Waals surface area contributed by atoms with E-state index in [9.17, 15) is 19.8 Å². The van der Waals surface area contributed by atoms with E-state index >= 15 is 0 Å². The third-order valence-electron chi connectivity index (χ3n) is 5.15. The smallest absolute Gasteiger partial charge is 0.192 e. The highest BCUT2D eigenvalue weighted by Gasteiger charge is 2.30. The van der Waals surface area contributed by atoms with Gasteiger partial charge in [-0.2, -0.15) is 0 Å². The molecule has 1 aromatic rings. The normalized spacial score (nSPS) is 14.6. The fourth-order valence-corrected chi connectivity index (χ4v) is 3.35. The molecular weight excluding hydrogens is 416 g/mol. The lowest BCUT2D eigenvalue weighted by molar-refractivity contribution is -0.117. The second-order valence-corrected chi connectivity index (χ2v) is 6.98. The molecule has 0 saturated heterocycles. The number of phenols is 2. The maximum absolute atomic E-state index is 11.9. The number of allylic oxidation sites excluding steroid dienone is 5. The summed E-state index contributed by atoms with van der Waals surface area (Å²) in [6, 6.07) is 0. The fraction of sp³-hybridized carbons (Fsp3) is 0.333. The number of rotatable bonds is 6. The number of benzene rings is 1. The molecule has 1 aliphatic rings. The van der Waals surface area contributed by atoms with Crippen molar-refractivity contribution in [2.45, 2.75) is 40.9 Å². The summed E-state index contributed by atoms with van der Waals surface area (Å²) in [4.78, 5) is 23.7. The summed E-state index contributed by atoms with van der Waals surface area (Å²) >= 11 is 0. The van der Waals surface area contributed by atoms with Crippen LogP contribution in [-0.2, 0) is 22.8 Å². The summed E-state index contributed by atoms with van der Waals surface area (Å²) in [5.41, 5.74) is 1.87. The van der Waals surface area contributed by atoms with Crippen molar-refractivity contribution in [3.63, 3.8) is 0 Å². The number of carbonyl (C=O) groups is 2. The Morgan fingerprint density at radius 1 is 0.688 bits per heavy atom. The molecule has 0 heterocycles. The zero-order chi connectivity index (χ0) is 24.6. The minimum absolute atomic E-state index is 0.00162. The Labute approximate surface area is 186 Å². The molecule has 0 fully saturated rings. The maximum Gasteiger partial charge on any atom is 0.192 e. The van der Waals surface area contributed by atoms with Crippen LogP contribution in [0.1, 0.15) is 43.0 Å². The second-order valence-electron chi connectivity index (χ2n) is 6.98. The predicted octanol–water partition coefficient (Wildman–Crippen LogP) is 1.74. The highest BCUT2D eigenvalue weighted by molar-refractivity contribution is 6.26. The lowest BCUT2D eigenvalue weighted by Gasteiger charge is -2.18. The van der Waals surface area contributed by atoms with E-state index in [4.69, 9.17) is 20.4 Å². The average molecular weight is 446 g/mol. The van der Waals surface area contributed by atoms with Crippen LogP contribution in [0.15, 0.2) is 40.5 Å². The Kier molecular flexibility index (Phi) is 10.2. The van der Waals surface area contributed by atoms with Crippen molar-refractivity contribution in [1.82, 2.24) is 0 Å². The highest BCUT2D eigenvalue weighted by atomic mass is 16.3. The van der Waals surface area contributed by atoms with Crippen LogP contribution in [0, 0.1) is 6.92 Å². The van der Waals surface area contributed by atoms with Gasteiger partial charge in [-0.1, -0.05) is 24.3 Å². The van der Waals surface area contributed by atoms with E-state index < -0.39 is 26.4 Å². The van der Waals surface area contributed by atoms with Gasteiger partial charge >= 0.3 is 0 Å². The Bertz CT molecular complexity index is 1010. The van der Waals surface area contributed by atoms with Crippen molar-refractivity contribution in [2.75, 3.05) is 13.2 Å². The van der Waals surface area contributed by atoms with E-state index in [0.717, 1.165) is 0 Å². The van der Waals surface area contributed by atoms with Gasteiger partial charge in [-0.3, -0.25) is 9.59 Å². The molecule has 8 heteroatoms. The first-order valence-corrected chi connectivity index (χ1v) is 9.93. The van der Waals surface area contributed by atoms with E-state index in [2.05, 4.69) is 0 Å². The van der Waals surface area contributed by atoms with Gasteiger partial charge in [0.15, 0.2) is 11.6 Å². The fourth-order valence-electron chi connectivity index (χ4n) is 3.35. The van der Waals surface area contributed by atoms with Gasteiger partial charge in [-0.15, -0.1) is 0 Å². The van der Waals surface area contributed by atoms with Gasteiger partial charge in [-0.25, -0.2) is 0 Å². The number of hydrogen-bond acceptors (Lipinski definition) is 8. The monoisotopic (exact) mass is 446 g/mol. The minimum Gasteiger partial charge on any atom is -0.507 e. The van der Waals surface area contributed by atoms with Crippen molar-refractivity contribution in [3.05, 3.63) is 62.8 Å². The van der Waals surface area contributed by atoms with Crippen LogP contribution >= 0.6 is 0 Å². The molecule has 1 aromatic carbocycles. The molecule has 0 spiro atoms. The number of aromatic hydroxyl groups is 2. The molecule has 0 atom stereocenters. The second kappa shape index (κ2) is 12.1. The molecule has 0 unspecified atom stereocenters. The van der Waals surface area contributed by atoms with Crippen LogP contribution in [0.3, 0.4) is 0 Å². The lowest BCUT2D eigenvalue weighted by Crippen LogP contribution is -2.25. The zero-order valence-corrected chi connectivity index (χ0v) is 18.6. The topological polar surface area (TPSA) is 156 Å². The summed E-state index contributed by atoms with van der Waals surface area (Å²) in [5.74, 6) is -0.946. The van der Waals surface area contributed by atoms with Crippen molar-refractivity contribution >= 4 is 17.6 Å². The van der Waals surface area contributed by atoms with Gasteiger partial charge < -0.3 is 30.6 Å². The standard InChI is InChI=1S/C12H16O4.C12H14O4/c2*1-3-4-8-7(2)11(15)9(5-13)10(6-14)12(8)16/h3-4,13-16H,5-6H2,1-2H3;3-4,13-14H,5-6H2,1-2H3. The Morgan fingerprint density at radius 2 is 1.16 bits per heavy atom. The lowest BCUT2D eigenvalue weighted by atomic mass is 9.85. The van der Waals surface area contributed by atoms with E-state index in [0.29, 0.717) is 16.7 Å². The SMILES string of the molecule is CC=CC1=C(C)C(=O)C(CO)=C(CO)C1=O.CC=Cc1c(C)c(O)c(CO)c(CO)c1O. The van der Waals surface area contributed by atoms with Crippen LogP contribution < -0.4 is 0 Å². The third-order valence-corrected chi connectivity index (χ3v) is 5.15. The minimum atomic E-state index is -0.533. The number of carbonyl (C=O) groups excluding carboxylic acids is 2.